The maximum Gasteiger partial charge on any atom is 0.408 e. The van der Waals surface area contributed by atoms with Gasteiger partial charge < -0.3 is 14.8 Å². The van der Waals surface area contributed by atoms with E-state index in [0.717, 1.165) is 10.8 Å². The van der Waals surface area contributed by atoms with E-state index >= 15 is 0 Å². The van der Waals surface area contributed by atoms with Crippen LogP contribution in [0.5, 0.6) is 0 Å². The molecule has 6 nitrogen and oxygen atoms in total. The second kappa shape index (κ2) is 8.93. The molecule has 34 heavy (non-hydrogen) atoms. The lowest BCUT2D eigenvalue weighted by Gasteiger charge is -2.37. The number of rotatable bonds is 5. The number of benzene rings is 3. The van der Waals surface area contributed by atoms with E-state index in [2.05, 4.69) is 5.32 Å². The van der Waals surface area contributed by atoms with Crippen molar-refractivity contribution in [3.63, 3.8) is 0 Å². The summed E-state index contributed by atoms with van der Waals surface area (Å²) in [6.07, 6.45) is -0.800. The van der Waals surface area contributed by atoms with Gasteiger partial charge in [0, 0.05) is 11.5 Å². The Bertz CT molecular complexity index is 1250. The molecule has 3 aromatic rings. The third-order valence-corrected chi connectivity index (χ3v) is 6.05. The maximum absolute atomic E-state index is 14.2. The van der Waals surface area contributed by atoms with Crippen LogP contribution < -0.4 is 5.32 Å². The normalized spacial score (nSPS) is 19.5. The summed E-state index contributed by atoms with van der Waals surface area (Å²) in [4.78, 5) is 40.1. The van der Waals surface area contributed by atoms with Gasteiger partial charge in [-0.2, -0.15) is 0 Å². The minimum Gasteiger partial charge on any atom is -0.466 e. The molecule has 0 aliphatic heterocycles. The first kappa shape index (κ1) is 23.5. The van der Waals surface area contributed by atoms with Crippen molar-refractivity contribution in [1.29, 1.82) is 0 Å². The fourth-order valence-corrected chi connectivity index (χ4v) is 4.82. The Morgan fingerprint density at radius 1 is 0.971 bits per heavy atom. The Labute approximate surface area is 199 Å². The molecule has 6 heteroatoms. The van der Waals surface area contributed by atoms with Crippen molar-refractivity contribution >= 4 is 28.6 Å². The summed E-state index contributed by atoms with van der Waals surface area (Å²) in [7, 11) is 0. The van der Waals surface area contributed by atoms with Gasteiger partial charge in [-0.15, -0.1) is 0 Å². The van der Waals surface area contributed by atoms with E-state index in [-0.39, 0.29) is 18.8 Å². The second-order valence-electron chi connectivity index (χ2n) is 9.44. The monoisotopic (exact) mass is 459 g/mol. The Morgan fingerprint density at radius 3 is 2.38 bits per heavy atom. The summed E-state index contributed by atoms with van der Waals surface area (Å²) in [6, 6.07) is 20.5. The van der Waals surface area contributed by atoms with Crippen LogP contribution in [-0.2, 0) is 19.8 Å². The van der Waals surface area contributed by atoms with Gasteiger partial charge in [0.1, 0.15) is 11.1 Å². The molecule has 1 aliphatic carbocycles. The number of amides is 1. The van der Waals surface area contributed by atoms with Crippen LogP contribution in [0.4, 0.5) is 4.79 Å². The molecule has 1 aliphatic rings. The van der Waals surface area contributed by atoms with Gasteiger partial charge in [0.2, 0.25) is 0 Å². The number of Topliss-reactive ketones (excluding diaryl/α,β-unsaturated/α-hetero) is 1. The largest absolute Gasteiger partial charge is 0.466 e. The number of alkyl carbamates (subject to hydrolysis) is 1. The van der Waals surface area contributed by atoms with Crippen LogP contribution in [0, 0.1) is 0 Å². The topological polar surface area (TPSA) is 81.7 Å². The standard InChI is InChI=1S/C28H29NO5/c1-5-33-24(30)17-23-20-14-8-9-15-21(20)25(31)28(23,29-26(32)34-27(2,3)4)22-16-10-12-18-11-6-7-13-19(18)22/h6-16,23H,5,17H2,1-4H3,(H,29,32)/t23-,28-/m1/s1. The zero-order chi connectivity index (χ0) is 24.5. The Balaban J connectivity index is 1.98. The lowest BCUT2D eigenvalue weighted by atomic mass is 9.74. The van der Waals surface area contributed by atoms with Gasteiger partial charge in [-0.3, -0.25) is 9.59 Å². The minimum atomic E-state index is -1.54. The first-order valence-electron chi connectivity index (χ1n) is 11.5. The van der Waals surface area contributed by atoms with Crippen molar-refractivity contribution in [2.24, 2.45) is 0 Å². The highest BCUT2D eigenvalue weighted by molar-refractivity contribution is 6.12. The van der Waals surface area contributed by atoms with Crippen LogP contribution in [0.1, 0.15) is 61.5 Å². The Hall–Kier alpha value is -3.67. The summed E-state index contributed by atoms with van der Waals surface area (Å²) >= 11 is 0. The smallest absolute Gasteiger partial charge is 0.408 e. The van der Waals surface area contributed by atoms with E-state index in [1.807, 2.05) is 54.6 Å². The zero-order valence-electron chi connectivity index (χ0n) is 19.9. The maximum atomic E-state index is 14.2. The van der Waals surface area contributed by atoms with Crippen LogP contribution >= 0.6 is 0 Å². The van der Waals surface area contributed by atoms with Crippen molar-refractivity contribution in [2.45, 2.75) is 51.2 Å². The molecule has 0 saturated heterocycles. The van der Waals surface area contributed by atoms with Gasteiger partial charge in [-0.1, -0.05) is 66.7 Å². The summed E-state index contributed by atoms with van der Waals surface area (Å²) in [5, 5.41) is 4.67. The molecule has 0 radical (unpaired) electrons. The molecule has 2 atom stereocenters. The fraction of sp³-hybridized carbons (Fsp3) is 0.321. The third-order valence-electron chi connectivity index (χ3n) is 6.05. The van der Waals surface area contributed by atoms with Gasteiger partial charge in [0.05, 0.1) is 13.0 Å². The van der Waals surface area contributed by atoms with E-state index < -0.39 is 29.1 Å². The second-order valence-corrected chi connectivity index (χ2v) is 9.44. The van der Waals surface area contributed by atoms with E-state index in [0.29, 0.717) is 16.7 Å². The van der Waals surface area contributed by atoms with Crippen molar-refractivity contribution in [1.82, 2.24) is 5.32 Å². The molecular weight excluding hydrogens is 430 g/mol. The van der Waals surface area contributed by atoms with Crippen LogP contribution in [-0.4, -0.2) is 30.1 Å². The average molecular weight is 460 g/mol. The summed E-state index contributed by atoms with van der Waals surface area (Å²) in [5.41, 5.74) is -0.522. The van der Waals surface area contributed by atoms with Crippen LogP contribution in [0.3, 0.4) is 0 Å². The molecule has 0 unspecified atom stereocenters. The number of hydrogen-bond donors (Lipinski definition) is 1. The van der Waals surface area contributed by atoms with Crippen molar-refractivity contribution in [3.05, 3.63) is 83.4 Å². The molecule has 0 spiro atoms. The number of hydrogen-bond acceptors (Lipinski definition) is 5. The quantitative estimate of drug-likeness (QED) is 0.510. The van der Waals surface area contributed by atoms with E-state index in [9.17, 15) is 14.4 Å². The zero-order valence-corrected chi connectivity index (χ0v) is 19.9. The minimum absolute atomic E-state index is 0.0738. The van der Waals surface area contributed by atoms with Crippen LogP contribution in [0.25, 0.3) is 10.8 Å². The summed E-state index contributed by atoms with van der Waals surface area (Å²) in [5.74, 6) is -1.39. The number of ketones is 1. The van der Waals surface area contributed by atoms with Crippen molar-refractivity contribution < 1.29 is 23.9 Å². The number of carbonyl (C=O) groups excluding carboxylic acids is 3. The van der Waals surface area contributed by atoms with Crippen LogP contribution in [0.2, 0.25) is 0 Å². The third kappa shape index (κ3) is 4.16. The van der Waals surface area contributed by atoms with Gasteiger partial charge in [0.25, 0.3) is 0 Å². The Kier molecular flexibility index (Phi) is 6.17. The highest BCUT2D eigenvalue weighted by atomic mass is 16.6. The highest BCUT2D eigenvalue weighted by Gasteiger charge is 2.57. The van der Waals surface area contributed by atoms with Crippen molar-refractivity contribution in [2.75, 3.05) is 6.61 Å². The summed E-state index contributed by atoms with van der Waals surface area (Å²) < 4.78 is 10.8. The SMILES string of the molecule is CCOC(=O)C[C@@H]1c2ccccc2C(=O)[C@@]1(NC(=O)OC(C)(C)C)c1cccc2ccccc12. The fourth-order valence-electron chi connectivity index (χ4n) is 4.82. The van der Waals surface area contributed by atoms with E-state index in [1.54, 1.807) is 39.8 Å². The molecule has 0 bridgehead atoms. The van der Waals surface area contributed by atoms with E-state index in [4.69, 9.17) is 9.47 Å². The number of ether oxygens (including phenoxy) is 2. The van der Waals surface area contributed by atoms with Gasteiger partial charge in [-0.05, 0) is 49.6 Å². The summed E-state index contributed by atoms with van der Waals surface area (Å²) in [6.45, 7) is 7.25. The molecule has 0 saturated carbocycles. The first-order chi connectivity index (χ1) is 16.2. The van der Waals surface area contributed by atoms with Gasteiger partial charge >= 0.3 is 12.1 Å². The Morgan fingerprint density at radius 2 is 1.65 bits per heavy atom. The molecule has 3 aromatic carbocycles. The first-order valence-corrected chi connectivity index (χ1v) is 11.5. The molecule has 4 rings (SSSR count). The highest BCUT2D eigenvalue weighted by Crippen LogP contribution is 2.50. The lowest BCUT2D eigenvalue weighted by molar-refractivity contribution is -0.143. The number of fused-ring (bicyclic) bond motifs is 2. The van der Waals surface area contributed by atoms with Crippen molar-refractivity contribution in [3.8, 4) is 0 Å². The number of carbonyl (C=O) groups is 3. The molecular formula is C28H29NO5. The van der Waals surface area contributed by atoms with E-state index in [1.165, 1.54) is 0 Å². The molecule has 0 fully saturated rings. The van der Waals surface area contributed by atoms with Gasteiger partial charge in [-0.25, -0.2) is 4.79 Å². The molecule has 176 valence electrons. The predicted octanol–water partition coefficient (Wildman–Crippen LogP) is 5.49. The average Bonchev–Trinajstić information content (AvgIpc) is 3.01. The number of esters is 1. The van der Waals surface area contributed by atoms with Gasteiger partial charge in [0.15, 0.2) is 5.78 Å². The van der Waals surface area contributed by atoms with Crippen LogP contribution in [0.15, 0.2) is 66.7 Å². The molecule has 1 N–H and O–H groups in total. The lowest BCUT2D eigenvalue weighted by Crippen LogP contribution is -2.54. The molecule has 0 aromatic heterocycles. The molecule has 0 heterocycles. The number of nitrogens with one attached hydrogen (secondary N) is 1. The predicted molar refractivity (Wildman–Crippen MR) is 130 cm³/mol. The molecule has 1 amide bonds.